The van der Waals surface area contributed by atoms with E-state index >= 15 is 0 Å². The van der Waals surface area contributed by atoms with Crippen molar-refractivity contribution in [1.82, 2.24) is 24.8 Å². The zero-order valence-electron chi connectivity index (χ0n) is 21.3. The molecule has 2 amide bonds. The predicted molar refractivity (Wildman–Crippen MR) is 140 cm³/mol. The van der Waals surface area contributed by atoms with Gasteiger partial charge in [0.15, 0.2) is 11.0 Å². The molecule has 1 saturated heterocycles. The lowest BCUT2D eigenvalue weighted by atomic mass is 9.94. The maximum atomic E-state index is 13.6. The summed E-state index contributed by atoms with van der Waals surface area (Å²) < 4.78 is 12.5. The summed E-state index contributed by atoms with van der Waals surface area (Å²) in [6.07, 6.45) is 2.35. The molecule has 0 spiro atoms. The second kappa shape index (κ2) is 10.5. The molecule has 1 aliphatic carbocycles. The summed E-state index contributed by atoms with van der Waals surface area (Å²) in [5, 5.41) is 12.7. The van der Waals surface area contributed by atoms with Crippen LogP contribution in [0.3, 0.4) is 0 Å². The van der Waals surface area contributed by atoms with Gasteiger partial charge in [-0.15, -0.1) is 10.2 Å². The fraction of sp³-hybridized carbons (Fsp3) is 0.407. The average Bonchev–Trinajstić information content (AvgIpc) is 3.41. The molecule has 1 aliphatic heterocycles. The summed E-state index contributed by atoms with van der Waals surface area (Å²) >= 11 is 1.35. The SMILES string of the molecule is CCn1c(SCC(=O)N2CCCN2C(=O)C2(c3ccc(OC)cc3)CC2)nnc1-c1ccc(OC)cc1. The van der Waals surface area contributed by atoms with Crippen LogP contribution in [-0.4, -0.2) is 69.7 Å². The highest BCUT2D eigenvalue weighted by molar-refractivity contribution is 7.99. The maximum absolute atomic E-state index is 13.6. The Labute approximate surface area is 220 Å². The molecule has 0 radical (unpaired) electrons. The van der Waals surface area contributed by atoms with Crippen LogP contribution in [0, 0.1) is 0 Å². The van der Waals surface area contributed by atoms with Gasteiger partial charge in [-0.3, -0.25) is 19.6 Å². The first kappa shape index (κ1) is 25.1. The van der Waals surface area contributed by atoms with Crippen molar-refractivity contribution in [1.29, 1.82) is 0 Å². The molecule has 2 aromatic carbocycles. The largest absolute Gasteiger partial charge is 0.497 e. The Morgan fingerprint density at radius 3 is 2.14 bits per heavy atom. The van der Waals surface area contributed by atoms with E-state index in [9.17, 15) is 9.59 Å². The number of amides is 2. The lowest BCUT2D eigenvalue weighted by Crippen LogP contribution is -2.49. The van der Waals surface area contributed by atoms with Crippen LogP contribution in [0.25, 0.3) is 11.4 Å². The minimum absolute atomic E-state index is 0.00651. The second-order valence-electron chi connectivity index (χ2n) is 9.18. The third-order valence-electron chi connectivity index (χ3n) is 7.06. The Balaban J connectivity index is 1.26. The van der Waals surface area contributed by atoms with Crippen LogP contribution in [-0.2, 0) is 21.5 Å². The first-order valence-electron chi connectivity index (χ1n) is 12.5. The summed E-state index contributed by atoms with van der Waals surface area (Å²) in [7, 11) is 3.26. The predicted octanol–water partition coefficient (Wildman–Crippen LogP) is 3.78. The first-order valence-corrected chi connectivity index (χ1v) is 13.5. The number of aromatic nitrogens is 3. The second-order valence-corrected chi connectivity index (χ2v) is 10.1. The molecular weight excluding hydrogens is 490 g/mol. The number of carbonyl (C=O) groups is 2. The molecule has 2 aliphatic rings. The average molecular weight is 522 g/mol. The van der Waals surface area contributed by atoms with Gasteiger partial charge >= 0.3 is 0 Å². The van der Waals surface area contributed by atoms with E-state index < -0.39 is 5.41 Å². The summed E-state index contributed by atoms with van der Waals surface area (Å²) in [4.78, 5) is 26.9. The summed E-state index contributed by atoms with van der Waals surface area (Å²) in [6, 6.07) is 15.3. The number of rotatable bonds is 9. The maximum Gasteiger partial charge on any atom is 0.251 e. The van der Waals surface area contributed by atoms with Gasteiger partial charge in [0.2, 0.25) is 0 Å². The van der Waals surface area contributed by atoms with Crippen molar-refractivity contribution in [3.05, 3.63) is 54.1 Å². The van der Waals surface area contributed by atoms with E-state index in [0.717, 1.165) is 47.7 Å². The summed E-state index contributed by atoms with van der Waals surface area (Å²) in [5.41, 5.74) is 1.37. The smallest absolute Gasteiger partial charge is 0.251 e. The molecule has 10 heteroatoms. The Morgan fingerprint density at radius 1 is 0.919 bits per heavy atom. The molecule has 0 N–H and O–H groups in total. The van der Waals surface area contributed by atoms with Crippen LogP contribution in [0.5, 0.6) is 11.5 Å². The molecule has 37 heavy (non-hydrogen) atoms. The fourth-order valence-electron chi connectivity index (χ4n) is 4.83. The van der Waals surface area contributed by atoms with E-state index in [-0.39, 0.29) is 17.6 Å². The van der Waals surface area contributed by atoms with Crippen molar-refractivity contribution < 1.29 is 19.1 Å². The Hall–Kier alpha value is -3.53. The first-order chi connectivity index (χ1) is 18.0. The van der Waals surface area contributed by atoms with Crippen molar-refractivity contribution in [2.75, 3.05) is 33.1 Å². The van der Waals surface area contributed by atoms with E-state index in [2.05, 4.69) is 10.2 Å². The van der Waals surface area contributed by atoms with Gasteiger partial charge in [-0.2, -0.15) is 0 Å². The lowest BCUT2D eigenvalue weighted by Gasteiger charge is -2.31. The molecule has 1 aromatic heterocycles. The zero-order valence-corrected chi connectivity index (χ0v) is 22.2. The van der Waals surface area contributed by atoms with E-state index in [1.54, 1.807) is 24.2 Å². The van der Waals surface area contributed by atoms with Crippen LogP contribution < -0.4 is 9.47 Å². The van der Waals surface area contributed by atoms with Crippen LogP contribution in [0.1, 0.15) is 31.7 Å². The standard InChI is InChI=1S/C27H31N5O4S/c1-4-30-24(19-6-10-21(35-2)11-7-19)28-29-26(30)37-18-23(33)31-16-5-17-32(31)25(34)27(14-15-27)20-8-12-22(36-3)13-9-20/h6-13H,4-5,14-18H2,1-3H3. The van der Waals surface area contributed by atoms with Gasteiger partial charge in [0.05, 0.1) is 25.4 Å². The monoisotopic (exact) mass is 521 g/mol. The third kappa shape index (κ3) is 4.77. The molecule has 194 valence electrons. The van der Waals surface area contributed by atoms with Gasteiger partial charge in [0.25, 0.3) is 11.8 Å². The highest BCUT2D eigenvalue weighted by atomic mass is 32.2. The molecule has 2 heterocycles. The zero-order chi connectivity index (χ0) is 26.0. The highest BCUT2D eigenvalue weighted by Crippen LogP contribution is 2.50. The summed E-state index contributed by atoms with van der Waals surface area (Å²) in [5.74, 6) is 2.37. The number of hydrogen-bond acceptors (Lipinski definition) is 7. The van der Waals surface area contributed by atoms with Crippen molar-refractivity contribution in [3.8, 4) is 22.9 Å². The minimum atomic E-state index is -0.544. The van der Waals surface area contributed by atoms with Crippen molar-refractivity contribution in [2.45, 2.75) is 43.3 Å². The lowest BCUT2D eigenvalue weighted by molar-refractivity contribution is -0.158. The number of methoxy groups -OCH3 is 2. The molecule has 1 saturated carbocycles. The Morgan fingerprint density at radius 2 is 1.54 bits per heavy atom. The third-order valence-corrected chi connectivity index (χ3v) is 8.01. The Kier molecular flexibility index (Phi) is 7.10. The molecule has 0 bridgehead atoms. The van der Waals surface area contributed by atoms with Crippen molar-refractivity contribution in [3.63, 3.8) is 0 Å². The molecule has 0 unspecified atom stereocenters. The van der Waals surface area contributed by atoms with Gasteiger partial charge in [-0.1, -0.05) is 23.9 Å². The number of thioether (sulfide) groups is 1. The molecule has 2 fully saturated rings. The molecule has 5 rings (SSSR count). The Bertz CT molecular complexity index is 1270. The van der Waals surface area contributed by atoms with Crippen LogP contribution in [0.2, 0.25) is 0 Å². The molecule has 3 aromatic rings. The van der Waals surface area contributed by atoms with Crippen molar-refractivity contribution >= 4 is 23.6 Å². The van der Waals surface area contributed by atoms with E-state index in [1.807, 2.05) is 60.0 Å². The molecular formula is C27H31N5O4S. The van der Waals surface area contributed by atoms with Gasteiger partial charge in [-0.25, -0.2) is 0 Å². The quantitative estimate of drug-likeness (QED) is 0.396. The van der Waals surface area contributed by atoms with Crippen LogP contribution in [0.4, 0.5) is 0 Å². The number of hydrogen-bond donors (Lipinski definition) is 0. The number of nitrogens with zero attached hydrogens (tertiary/aromatic N) is 5. The molecule has 9 nitrogen and oxygen atoms in total. The van der Waals surface area contributed by atoms with E-state index in [4.69, 9.17) is 9.47 Å². The van der Waals surface area contributed by atoms with Crippen molar-refractivity contribution in [2.24, 2.45) is 0 Å². The van der Waals surface area contributed by atoms with Gasteiger partial charge < -0.3 is 14.0 Å². The topological polar surface area (TPSA) is 89.8 Å². The summed E-state index contributed by atoms with van der Waals surface area (Å²) in [6.45, 7) is 3.79. The number of benzene rings is 2. The van der Waals surface area contributed by atoms with Gasteiger partial charge in [0.1, 0.15) is 11.5 Å². The number of ether oxygens (including phenoxy) is 2. The number of hydrazine groups is 1. The van der Waals surface area contributed by atoms with E-state index in [1.165, 1.54) is 11.8 Å². The number of carbonyl (C=O) groups excluding carboxylic acids is 2. The fourth-order valence-corrected chi connectivity index (χ4v) is 5.70. The van der Waals surface area contributed by atoms with Gasteiger partial charge in [-0.05, 0) is 68.1 Å². The highest BCUT2D eigenvalue weighted by Gasteiger charge is 2.54. The van der Waals surface area contributed by atoms with Crippen LogP contribution >= 0.6 is 11.8 Å². The normalized spacial score (nSPS) is 16.1. The molecule has 0 atom stereocenters. The van der Waals surface area contributed by atoms with Gasteiger partial charge in [0, 0.05) is 25.2 Å². The minimum Gasteiger partial charge on any atom is -0.497 e. The van der Waals surface area contributed by atoms with E-state index in [0.29, 0.717) is 24.8 Å². The van der Waals surface area contributed by atoms with Crippen LogP contribution in [0.15, 0.2) is 53.7 Å².